The molecule has 0 saturated carbocycles. The molecule has 0 aliphatic heterocycles. The van der Waals surface area contributed by atoms with E-state index in [-0.39, 0.29) is 5.91 Å². The van der Waals surface area contributed by atoms with E-state index in [2.05, 4.69) is 48.8 Å². The third-order valence-electron chi connectivity index (χ3n) is 2.11. The van der Waals surface area contributed by atoms with E-state index in [1.54, 1.807) is 12.1 Å². The molecule has 1 N–H and O–H groups in total. The zero-order valence-electron chi connectivity index (χ0n) is 8.65. The summed E-state index contributed by atoms with van der Waals surface area (Å²) in [7, 11) is 0. The molecule has 3 nitrogen and oxygen atoms in total. The van der Waals surface area contributed by atoms with Gasteiger partial charge in [-0.15, -0.1) is 0 Å². The Kier molecular flexibility index (Phi) is 4.11. The maximum atomic E-state index is 11.9. The first kappa shape index (κ1) is 12.5. The van der Waals surface area contributed by atoms with Crippen molar-refractivity contribution in [2.24, 2.45) is 0 Å². The SMILES string of the molecule is O=C(Nc1ccccc1I)c1ccc(Br)nc1. The van der Waals surface area contributed by atoms with E-state index in [0.29, 0.717) is 10.2 Å². The van der Waals surface area contributed by atoms with Gasteiger partial charge in [-0.2, -0.15) is 0 Å². The van der Waals surface area contributed by atoms with Crippen molar-refractivity contribution in [3.63, 3.8) is 0 Å². The lowest BCUT2D eigenvalue weighted by molar-refractivity contribution is 0.102. The third-order valence-corrected chi connectivity index (χ3v) is 3.52. The van der Waals surface area contributed by atoms with E-state index in [1.807, 2.05) is 24.3 Å². The van der Waals surface area contributed by atoms with Gasteiger partial charge in [-0.25, -0.2) is 4.98 Å². The Labute approximate surface area is 121 Å². The Balaban J connectivity index is 2.17. The molecule has 17 heavy (non-hydrogen) atoms. The molecule has 0 radical (unpaired) electrons. The van der Waals surface area contributed by atoms with Crippen LogP contribution < -0.4 is 5.32 Å². The Hall–Kier alpha value is -0.950. The molecule has 1 aromatic carbocycles. The Bertz CT molecular complexity index is 542. The molecule has 2 aromatic rings. The highest BCUT2D eigenvalue weighted by molar-refractivity contribution is 14.1. The van der Waals surface area contributed by atoms with Gasteiger partial charge in [0.15, 0.2) is 0 Å². The van der Waals surface area contributed by atoms with Crippen molar-refractivity contribution in [1.82, 2.24) is 4.98 Å². The van der Waals surface area contributed by atoms with Gasteiger partial charge in [-0.1, -0.05) is 12.1 Å². The van der Waals surface area contributed by atoms with E-state index in [1.165, 1.54) is 6.20 Å². The molecule has 2 rings (SSSR count). The maximum absolute atomic E-state index is 11.9. The minimum Gasteiger partial charge on any atom is -0.321 e. The van der Waals surface area contributed by atoms with Crippen molar-refractivity contribution in [3.8, 4) is 0 Å². The molecular formula is C12H8BrIN2O. The molecular weight excluding hydrogens is 395 g/mol. The lowest BCUT2D eigenvalue weighted by Gasteiger charge is -2.06. The first-order valence-corrected chi connectivity index (χ1v) is 6.71. The van der Waals surface area contributed by atoms with Crippen LogP contribution in [0.25, 0.3) is 0 Å². The number of benzene rings is 1. The van der Waals surface area contributed by atoms with Crippen LogP contribution in [0.5, 0.6) is 0 Å². The van der Waals surface area contributed by atoms with E-state index in [0.717, 1.165) is 9.26 Å². The number of pyridine rings is 1. The Morgan fingerprint density at radius 2 is 2.00 bits per heavy atom. The number of hydrogen-bond acceptors (Lipinski definition) is 2. The molecule has 1 heterocycles. The number of halogens is 2. The van der Waals surface area contributed by atoms with E-state index in [9.17, 15) is 4.79 Å². The van der Waals surface area contributed by atoms with E-state index >= 15 is 0 Å². The fourth-order valence-electron chi connectivity index (χ4n) is 1.27. The normalized spacial score (nSPS) is 10.0. The van der Waals surface area contributed by atoms with Crippen LogP contribution in [-0.4, -0.2) is 10.9 Å². The van der Waals surface area contributed by atoms with Gasteiger partial charge in [-0.05, 0) is 62.8 Å². The number of rotatable bonds is 2. The van der Waals surface area contributed by atoms with Crippen LogP contribution in [0.3, 0.4) is 0 Å². The summed E-state index contributed by atoms with van der Waals surface area (Å²) >= 11 is 5.41. The van der Waals surface area contributed by atoms with Gasteiger partial charge in [0.2, 0.25) is 0 Å². The van der Waals surface area contributed by atoms with Crippen molar-refractivity contribution in [2.45, 2.75) is 0 Å². The summed E-state index contributed by atoms with van der Waals surface area (Å²) in [4.78, 5) is 15.9. The second-order valence-corrected chi connectivity index (χ2v) is 5.28. The van der Waals surface area contributed by atoms with Crippen molar-refractivity contribution in [3.05, 3.63) is 56.3 Å². The van der Waals surface area contributed by atoms with Crippen LogP contribution in [0.2, 0.25) is 0 Å². The number of carbonyl (C=O) groups excluding carboxylic acids is 1. The van der Waals surface area contributed by atoms with Crippen LogP contribution in [0.1, 0.15) is 10.4 Å². The number of para-hydroxylation sites is 1. The van der Waals surface area contributed by atoms with Gasteiger partial charge in [0.1, 0.15) is 4.60 Å². The first-order chi connectivity index (χ1) is 8.16. The molecule has 0 unspecified atom stereocenters. The third kappa shape index (κ3) is 3.26. The average Bonchev–Trinajstić information content (AvgIpc) is 2.33. The monoisotopic (exact) mass is 402 g/mol. The van der Waals surface area contributed by atoms with Crippen molar-refractivity contribution < 1.29 is 4.79 Å². The molecule has 0 bridgehead atoms. The van der Waals surface area contributed by atoms with Gasteiger partial charge in [0, 0.05) is 9.77 Å². The molecule has 0 spiro atoms. The van der Waals surface area contributed by atoms with Crippen molar-refractivity contribution in [2.75, 3.05) is 5.32 Å². The number of carbonyl (C=O) groups is 1. The van der Waals surface area contributed by atoms with Crippen molar-refractivity contribution in [1.29, 1.82) is 0 Å². The number of nitrogens with one attached hydrogen (secondary N) is 1. The Morgan fingerprint density at radius 3 is 2.65 bits per heavy atom. The summed E-state index contributed by atoms with van der Waals surface area (Å²) in [5.41, 5.74) is 1.34. The summed E-state index contributed by atoms with van der Waals surface area (Å²) in [6.45, 7) is 0. The average molecular weight is 403 g/mol. The second kappa shape index (κ2) is 5.59. The lowest BCUT2D eigenvalue weighted by Crippen LogP contribution is -2.12. The number of anilines is 1. The topological polar surface area (TPSA) is 42.0 Å². The van der Waals surface area contributed by atoms with Crippen LogP contribution in [-0.2, 0) is 0 Å². The molecule has 1 amide bonds. The van der Waals surface area contributed by atoms with Crippen LogP contribution in [0.15, 0.2) is 47.2 Å². The molecule has 0 aliphatic carbocycles. The number of nitrogens with zero attached hydrogens (tertiary/aromatic N) is 1. The van der Waals surface area contributed by atoms with Crippen LogP contribution in [0.4, 0.5) is 5.69 Å². The number of amides is 1. The molecule has 5 heteroatoms. The lowest BCUT2D eigenvalue weighted by atomic mass is 10.2. The number of aromatic nitrogens is 1. The van der Waals surface area contributed by atoms with E-state index in [4.69, 9.17) is 0 Å². The van der Waals surface area contributed by atoms with Gasteiger partial charge in [0.05, 0.1) is 11.3 Å². The predicted molar refractivity (Wildman–Crippen MR) is 79.0 cm³/mol. The smallest absolute Gasteiger partial charge is 0.257 e. The van der Waals surface area contributed by atoms with Crippen molar-refractivity contribution >= 4 is 50.1 Å². The van der Waals surface area contributed by atoms with Gasteiger partial charge in [-0.3, -0.25) is 4.79 Å². The van der Waals surface area contributed by atoms with Gasteiger partial charge >= 0.3 is 0 Å². The molecule has 0 fully saturated rings. The quantitative estimate of drug-likeness (QED) is 0.614. The molecule has 0 atom stereocenters. The molecule has 0 aliphatic rings. The fourth-order valence-corrected chi connectivity index (χ4v) is 2.02. The highest BCUT2D eigenvalue weighted by atomic mass is 127. The second-order valence-electron chi connectivity index (χ2n) is 3.30. The highest BCUT2D eigenvalue weighted by Crippen LogP contribution is 2.18. The summed E-state index contributed by atoms with van der Waals surface area (Å²) in [6.07, 6.45) is 1.54. The van der Waals surface area contributed by atoms with E-state index < -0.39 is 0 Å². The molecule has 0 saturated heterocycles. The molecule has 86 valence electrons. The van der Waals surface area contributed by atoms with Crippen LogP contribution in [0, 0.1) is 3.57 Å². The highest BCUT2D eigenvalue weighted by Gasteiger charge is 2.07. The predicted octanol–water partition coefficient (Wildman–Crippen LogP) is 3.70. The summed E-state index contributed by atoms with van der Waals surface area (Å²) in [5.74, 6) is -0.158. The minimum atomic E-state index is -0.158. The standard InChI is InChI=1S/C12H8BrIN2O/c13-11-6-5-8(7-15-11)12(17)16-10-4-2-1-3-9(10)14/h1-7H,(H,16,17). The first-order valence-electron chi connectivity index (χ1n) is 4.84. The van der Waals surface area contributed by atoms with Gasteiger partial charge in [0.25, 0.3) is 5.91 Å². The largest absolute Gasteiger partial charge is 0.321 e. The minimum absolute atomic E-state index is 0.158. The zero-order valence-corrected chi connectivity index (χ0v) is 12.4. The maximum Gasteiger partial charge on any atom is 0.257 e. The Morgan fingerprint density at radius 1 is 1.24 bits per heavy atom. The van der Waals surface area contributed by atoms with Gasteiger partial charge < -0.3 is 5.32 Å². The van der Waals surface area contributed by atoms with Crippen LogP contribution >= 0.6 is 38.5 Å². The summed E-state index contributed by atoms with van der Waals surface area (Å²) < 4.78 is 1.71. The summed E-state index contributed by atoms with van der Waals surface area (Å²) in [6, 6.07) is 11.1. The fraction of sp³-hybridized carbons (Fsp3) is 0. The number of hydrogen-bond donors (Lipinski definition) is 1. The molecule has 1 aromatic heterocycles. The summed E-state index contributed by atoms with van der Waals surface area (Å²) in [5, 5.41) is 2.84. The zero-order chi connectivity index (χ0) is 12.3.